The summed E-state index contributed by atoms with van der Waals surface area (Å²) in [6.45, 7) is 1.75. The van der Waals surface area contributed by atoms with E-state index in [4.69, 9.17) is 18.6 Å². The van der Waals surface area contributed by atoms with E-state index in [1.165, 1.54) is 23.3 Å². The number of fused-ring (bicyclic) bond motifs is 1. The normalized spacial score (nSPS) is 14.0. The van der Waals surface area contributed by atoms with Crippen LogP contribution in [0.1, 0.15) is 0 Å². The molecule has 150 valence electrons. The number of methoxy groups -OCH3 is 1. The largest absolute Gasteiger partial charge is 0.507 e. The molecule has 8 heteroatoms. The summed E-state index contributed by atoms with van der Waals surface area (Å²) in [4.78, 5) is 26.6. The van der Waals surface area contributed by atoms with Gasteiger partial charge in [0.25, 0.3) is 0 Å². The fourth-order valence-corrected chi connectivity index (χ4v) is 3.15. The number of amides is 1. The Balaban J connectivity index is 1.66. The molecule has 3 aromatic rings. The van der Waals surface area contributed by atoms with E-state index < -0.39 is 6.09 Å². The molecule has 29 heavy (non-hydrogen) atoms. The first-order valence-electron chi connectivity index (χ1n) is 9.04. The molecule has 0 spiro atoms. The second-order valence-electron chi connectivity index (χ2n) is 6.49. The molecule has 0 unspecified atom stereocenters. The van der Waals surface area contributed by atoms with E-state index in [9.17, 15) is 14.7 Å². The summed E-state index contributed by atoms with van der Waals surface area (Å²) in [6, 6.07) is 9.56. The van der Waals surface area contributed by atoms with Crippen molar-refractivity contribution in [3.8, 4) is 28.4 Å². The van der Waals surface area contributed by atoms with Crippen molar-refractivity contribution < 1.29 is 28.5 Å². The molecule has 1 N–H and O–H groups in total. The Kier molecular flexibility index (Phi) is 5.09. The summed E-state index contributed by atoms with van der Waals surface area (Å²) in [5.74, 6) is 0.428. The highest BCUT2D eigenvalue weighted by molar-refractivity contribution is 5.88. The fraction of sp³-hybridized carbons (Fsp3) is 0.238. The number of phenolic OH excluding ortho intramolecular Hbond substituents is 1. The van der Waals surface area contributed by atoms with Crippen molar-refractivity contribution in [3.63, 3.8) is 0 Å². The van der Waals surface area contributed by atoms with Gasteiger partial charge in [0, 0.05) is 25.2 Å². The number of hydrogen-bond acceptors (Lipinski definition) is 7. The van der Waals surface area contributed by atoms with Gasteiger partial charge in [0.2, 0.25) is 5.43 Å². The molecule has 1 amide bonds. The van der Waals surface area contributed by atoms with Crippen LogP contribution in [0, 0.1) is 0 Å². The Hall–Kier alpha value is -3.52. The zero-order valence-corrected chi connectivity index (χ0v) is 15.7. The van der Waals surface area contributed by atoms with Crippen LogP contribution in [0.2, 0.25) is 0 Å². The third-order valence-corrected chi connectivity index (χ3v) is 4.71. The van der Waals surface area contributed by atoms with Crippen molar-refractivity contribution in [1.82, 2.24) is 4.90 Å². The minimum atomic E-state index is -0.552. The summed E-state index contributed by atoms with van der Waals surface area (Å²) >= 11 is 0. The van der Waals surface area contributed by atoms with Crippen molar-refractivity contribution in [1.29, 1.82) is 0 Å². The number of aromatic hydroxyl groups is 1. The van der Waals surface area contributed by atoms with Gasteiger partial charge in [-0.2, -0.15) is 0 Å². The predicted octanol–water partition coefficient (Wildman–Crippen LogP) is 3.01. The molecule has 1 saturated heterocycles. The van der Waals surface area contributed by atoms with E-state index in [1.54, 1.807) is 31.4 Å². The van der Waals surface area contributed by atoms with E-state index in [1.807, 2.05) is 0 Å². The molecule has 2 heterocycles. The van der Waals surface area contributed by atoms with Gasteiger partial charge in [0.05, 0.1) is 25.9 Å². The average Bonchev–Trinajstić information content (AvgIpc) is 2.74. The minimum Gasteiger partial charge on any atom is -0.507 e. The predicted molar refractivity (Wildman–Crippen MR) is 105 cm³/mol. The van der Waals surface area contributed by atoms with Crippen LogP contribution in [0.25, 0.3) is 22.1 Å². The summed E-state index contributed by atoms with van der Waals surface area (Å²) in [5, 5.41) is 10.4. The van der Waals surface area contributed by atoms with Gasteiger partial charge in [-0.05, 0) is 17.7 Å². The average molecular weight is 397 g/mol. The standard InChI is InChI=1S/C21H19NO7/c1-26-14-4-2-13(3-5-14)16-12-28-18-11-15(10-17(23)19(18)20(16)24)29-21(25)22-6-8-27-9-7-22/h2-5,10-12,23H,6-9H2,1H3. The van der Waals surface area contributed by atoms with Crippen molar-refractivity contribution in [3.05, 3.63) is 52.9 Å². The third-order valence-electron chi connectivity index (χ3n) is 4.71. The Morgan fingerprint density at radius 2 is 1.83 bits per heavy atom. The van der Waals surface area contributed by atoms with Crippen LogP contribution >= 0.6 is 0 Å². The highest BCUT2D eigenvalue weighted by Gasteiger charge is 2.20. The summed E-state index contributed by atoms with van der Waals surface area (Å²) in [6.07, 6.45) is 0.767. The molecular formula is C21H19NO7. The van der Waals surface area contributed by atoms with Gasteiger partial charge >= 0.3 is 6.09 Å². The van der Waals surface area contributed by atoms with Gasteiger partial charge in [0.1, 0.15) is 34.5 Å². The SMILES string of the molecule is COc1ccc(-c2coc3cc(OC(=O)N4CCOCC4)cc(O)c3c2=O)cc1. The highest BCUT2D eigenvalue weighted by atomic mass is 16.6. The number of nitrogens with zero attached hydrogens (tertiary/aromatic N) is 1. The first-order chi connectivity index (χ1) is 14.1. The number of hydrogen-bond donors (Lipinski definition) is 1. The van der Waals surface area contributed by atoms with Crippen molar-refractivity contribution >= 4 is 17.1 Å². The van der Waals surface area contributed by atoms with Gasteiger partial charge in [0.15, 0.2) is 0 Å². The van der Waals surface area contributed by atoms with Crippen molar-refractivity contribution in [2.75, 3.05) is 33.4 Å². The lowest BCUT2D eigenvalue weighted by Gasteiger charge is -2.25. The maximum Gasteiger partial charge on any atom is 0.415 e. The quantitative estimate of drug-likeness (QED) is 0.725. The fourth-order valence-electron chi connectivity index (χ4n) is 3.15. The number of phenols is 1. The summed E-state index contributed by atoms with van der Waals surface area (Å²) in [5.41, 5.74) is 0.661. The summed E-state index contributed by atoms with van der Waals surface area (Å²) in [7, 11) is 1.56. The molecule has 0 radical (unpaired) electrons. The van der Waals surface area contributed by atoms with Gasteiger partial charge in [-0.1, -0.05) is 12.1 Å². The second-order valence-corrected chi connectivity index (χ2v) is 6.49. The first-order valence-corrected chi connectivity index (χ1v) is 9.04. The van der Waals surface area contributed by atoms with Gasteiger partial charge < -0.3 is 28.6 Å². The molecule has 0 atom stereocenters. The van der Waals surface area contributed by atoms with Gasteiger partial charge in [-0.15, -0.1) is 0 Å². The van der Waals surface area contributed by atoms with Gasteiger partial charge in [-0.3, -0.25) is 4.79 Å². The molecule has 2 aromatic carbocycles. The van der Waals surface area contributed by atoms with Crippen LogP contribution in [0.3, 0.4) is 0 Å². The second kappa shape index (κ2) is 7.84. The van der Waals surface area contributed by atoms with Crippen LogP contribution < -0.4 is 14.9 Å². The lowest BCUT2D eigenvalue weighted by molar-refractivity contribution is 0.0416. The Labute approximate surface area is 165 Å². The van der Waals surface area contributed by atoms with E-state index in [-0.39, 0.29) is 27.9 Å². The Morgan fingerprint density at radius 3 is 2.52 bits per heavy atom. The Morgan fingerprint density at radius 1 is 1.10 bits per heavy atom. The molecule has 1 fully saturated rings. The van der Waals surface area contributed by atoms with E-state index >= 15 is 0 Å². The maximum atomic E-state index is 12.9. The topological polar surface area (TPSA) is 98.4 Å². The Bertz CT molecular complexity index is 1100. The van der Waals surface area contributed by atoms with E-state index in [0.29, 0.717) is 43.2 Å². The van der Waals surface area contributed by atoms with E-state index in [0.717, 1.165) is 0 Å². The maximum absolute atomic E-state index is 12.9. The molecule has 0 bridgehead atoms. The molecule has 4 rings (SSSR count). The van der Waals surface area contributed by atoms with Crippen molar-refractivity contribution in [2.24, 2.45) is 0 Å². The lowest BCUT2D eigenvalue weighted by atomic mass is 10.0. The molecule has 1 aromatic heterocycles. The molecular weight excluding hydrogens is 378 g/mol. The van der Waals surface area contributed by atoms with Crippen LogP contribution in [-0.4, -0.2) is 49.5 Å². The third kappa shape index (κ3) is 3.74. The van der Waals surface area contributed by atoms with Crippen molar-refractivity contribution in [2.45, 2.75) is 0 Å². The minimum absolute atomic E-state index is 0.0180. The van der Waals surface area contributed by atoms with Crippen LogP contribution in [0.15, 0.2) is 51.9 Å². The zero-order chi connectivity index (χ0) is 20.4. The number of carbonyl (C=O) groups is 1. The molecule has 1 aliphatic rings. The van der Waals surface area contributed by atoms with Crippen LogP contribution in [-0.2, 0) is 4.74 Å². The first kappa shape index (κ1) is 18.8. The smallest absolute Gasteiger partial charge is 0.415 e. The number of carbonyl (C=O) groups excluding carboxylic acids is 1. The number of ether oxygens (including phenoxy) is 3. The van der Waals surface area contributed by atoms with Crippen LogP contribution in [0.5, 0.6) is 17.2 Å². The molecule has 0 aliphatic carbocycles. The van der Waals surface area contributed by atoms with E-state index in [2.05, 4.69) is 0 Å². The molecule has 1 aliphatic heterocycles. The lowest BCUT2D eigenvalue weighted by Crippen LogP contribution is -2.42. The number of benzene rings is 2. The number of morpholine rings is 1. The monoisotopic (exact) mass is 397 g/mol. The van der Waals surface area contributed by atoms with Crippen LogP contribution in [0.4, 0.5) is 4.79 Å². The zero-order valence-electron chi connectivity index (χ0n) is 15.7. The molecule has 0 saturated carbocycles. The van der Waals surface area contributed by atoms with Gasteiger partial charge in [-0.25, -0.2) is 4.79 Å². The highest BCUT2D eigenvalue weighted by Crippen LogP contribution is 2.31. The summed E-state index contributed by atoms with van der Waals surface area (Å²) < 4.78 is 21.2. The number of rotatable bonds is 3. The molecule has 8 nitrogen and oxygen atoms in total.